The Morgan fingerprint density at radius 2 is 1.71 bits per heavy atom. The van der Waals surface area contributed by atoms with Gasteiger partial charge in [0.2, 0.25) is 11.8 Å². The average Bonchev–Trinajstić information content (AvgIpc) is 3.27. The minimum absolute atomic E-state index is 0.0208. The topological polar surface area (TPSA) is 75.3 Å². The Hall–Kier alpha value is -1.44. The van der Waals surface area contributed by atoms with Crippen molar-refractivity contribution in [3.05, 3.63) is 33.4 Å². The number of carbonyl (C=O) groups excluding carboxylic acids is 3. The van der Waals surface area contributed by atoms with E-state index in [1.165, 1.54) is 0 Å². The van der Waals surface area contributed by atoms with Crippen LogP contribution in [0.15, 0.2) is 24.3 Å². The molecule has 0 aromatic heterocycles. The minimum atomic E-state index is -0.278. The van der Waals surface area contributed by atoms with Gasteiger partial charge in [0.15, 0.2) is 5.78 Å². The molecule has 1 fully saturated rings. The van der Waals surface area contributed by atoms with E-state index in [1.807, 2.05) is 12.1 Å². The quantitative estimate of drug-likeness (QED) is 0.540. The Morgan fingerprint density at radius 3 is 2.33 bits per heavy atom. The number of amides is 2. The van der Waals surface area contributed by atoms with Gasteiger partial charge in [-0.25, -0.2) is 0 Å². The maximum Gasteiger partial charge on any atom is 0.239 e. The molecule has 0 bridgehead atoms. The summed E-state index contributed by atoms with van der Waals surface area (Å²) in [7, 11) is 0. The summed E-state index contributed by atoms with van der Waals surface area (Å²) in [5.74, 6) is -0.515. The lowest BCUT2D eigenvalue weighted by Crippen LogP contribution is -2.37. The summed E-state index contributed by atoms with van der Waals surface area (Å²) < 4.78 is 1.06. The number of benzene rings is 1. The monoisotopic (exact) mass is 400 g/mol. The van der Waals surface area contributed by atoms with Crippen LogP contribution in [-0.2, 0) is 9.59 Å². The van der Waals surface area contributed by atoms with Gasteiger partial charge in [-0.05, 0) is 47.6 Å². The largest absolute Gasteiger partial charge is 0.352 e. The molecule has 21 heavy (non-hydrogen) atoms. The second-order valence-corrected chi connectivity index (χ2v) is 6.29. The van der Waals surface area contributed by atoms with Gasteiger partial charge in [-0.2, -0.15) is 0 Å². The van der Waals surface area contributed by atoms with Gasteiger partial charge in [0.1, 0.15) is 0 Å². The van der Waals surface area contributed by atoms with Gasteiger partial charge in [0.05, 0.1) is 6.54 Å². The van der Waals surface area contributed by atoms with E-state index in [-0.39, 0.29) is 43.0 Å². The van der Waals surface area contributed by atoms with E-state index in [9.17, 15) is 14.4 Å². The zero-order valence-electron chi connectivity index (χ0n) is 11.5. The van der Waals surface area contributed by atoms with Crippen molar-refractivity contribution in [2.45, 2.75) is 31.7 Å². The lowest BCUT2D eigenvalue weighted by molar-refractivity contribution is -0.126. The minimum Gasteiger partial charge on any atom is -0.352 e. The fraction of sp³-hybridized carbons (Fsp3) is 0.400. The Labute approximate surface area is 137 Å². The highest BCUT2D eigenvalue weighted by atomic mass is 127. The van der Waals surface area contributed by atoms with Crippen LogP contribution < -0.4 is 10.6 Å². The first kappa shape index (κ1) is 15.9. The smallest absolute Gasteiger partial charge is 0.239 e. The summed E-state index contributed by atoms with van der Waals surface area (Å²) in [5, 5.41) is 5.31. The third kappa shape index (κ3) is 5.82. The second-order valence-electron chi connectivity index (χ2n) is 5.05. The molecule has 1 aromatic carbocycles. The Morgan fingerprint density at radius 1 is 1.05 bits per heavy atom. The number of ketones is 1. The summed E-state index contributed by atoms with van der Waals surface area (Å²) >= 11 is 2.17. The van der Waals surface area contributed by atoms with Gasteiger partial charge in [-0.3, -0.25) is 14.4 Å². The number of hydrogen-bond donors (Lipinski definition) is 2. The number of nitrogens with one attached hydrogen (secondary N) is 2. The highest BCUT2D eigenvalue weighted by Crippen LogP contribution is 2.18. The van der Waals surface area contributed by atoms with E-state index in [4.69, 9.17) is 0 Å². The highest BCUT2D eigenvalue weighted by molar-refractivity contribution is 14.1. The molecule has 2 rings (SSSR count). The fourth-order valence-electron chi connectivity index (χ4n) is 1.78. The van der Waals surface area contributed by atoms with Crippen LogP contribution >= 0.6 is 22.6 Å². The van der Waals surface area contributed by atoms with Crippen molar-refractivity contribution in [2.24, 2.45) is 0 Å². The maximum atomic E-state index is 11.9. The predicted molar refractivity (Wildman–Crippen MR) is 86.9 cm³/mol. The highest BCUT2D eigenvalue weighted by Gasteiger charge is 2.23. The van der Waals surface area contributed by atoms with Crippen LogP contribution in [0, 0.1) is 3.57 Å². The SMILES string of the molecule is O=C(CCC(=O)c1ccc(I)cc1)NCC(=O)NC1CC1. The van der Waals surface area contributed by atoms with Crippen LogP contribution in [0.3, 0.4) is 0 Å². The van der Waals surface area contributed by atoms with Crippen LogP contribution in [0.1, 0.15) is 36.0 Å². The van der Waals surface area contributed by atoms with Crippen molar-refractivity contribution in [1.29, 1.82) is 0 Å². The Bertz CT molecular complexity index is 538. The molecule has 1 aliphatic rings. The van der Waals surface area contributed by atoms with Crippen LogP contribution in [0.25, 0.3) is 0 Å². The molecule has 0 atom stereocenters. The van der Waals surface area contributed by atoms with Gasteiger partial charge >= 0.3 is 0 Å². The van der Waals surface area contributed by atoms with Crippen LogP contribution in [-0.4, -0.2) is 30.2 Å². The summed E-state index contributed by atoms with van der Waals surface area (Å²) in [6.07, 6.45) is 2.28. The molecule has 6 heteroatoms. The molecule has 1 saturated carbocycles. The molecular formula is C15H17IN2O3. The third-order valence-electron chi connectivity index (χ3n) is 3.13. The average molecular weight is 400 g/mol. The molecule has 5 nitrogen and oxygen atoms in total. The Balaban J connectivity index is 1.66. The Kier molecular flexibility index (Phi) is 5.72. The molecule has 2 amide bonds. The molecule has 0 spiro atoms. The van der Waals surface area contributed by atoms with E-state index < -0.39 is 0 Å². The van der Waals surface area contributed by atoms with Crippen molar-refractivity contribution in [1.82, 2.24) is 10.6 Å². The number of halogens is 1. The summed E-state index contributed by atoms with van der Waals surface area (Å²) in [6.45, 7) is -0.0208. The van der Waals surface area contributed by atoms with Crippen molar-refractivity contribution in [3.8, 4) is 0 Å². The lowest BCUT2D eigenvalue weighted by atomic mass is 10.1. The summed E-state index contributed by atoms with van der Waals surface area (Å²) in [6, 6.07) is 7.51. The molecule has 0 radical (unpaired) electrons. The van der Waals surface area contributed by atoms with E-state index >= 15 is 0 Å². The molecule has 112 valence electrons. The molecule has 0 aliphatic heterocycles. The van der Waals surface area contributed by atoms with Crippen LogP contribution in [0.5, 0.6) is 0 Å². The van der Waals surface area contributed by atoms with Crippen molar-refractivity contribution < 1.29 is 14.4 Å². The van der Waals surface area contributed by atoms with Crippen LogP contribution in [0.4, 0.5) is 0 Å². The third-order valence-corrected chi connectivity index (χ3v) is 3.85. The second kappa shape index (κ2) is 7.53. The molecule has 2 N–H and O–H groups in total. The molecule has 1 aliphatic carbocycles. The normalized spacial score (nSPS) is 13.6. The van der Waals surface area contributed by atoms with E-state index in [1.54, 1.807) is 12.1 Å². The standard InChI is InChI=1S/C15H17IN2O3/c16-11-3-1-10(2-4-11)13(19)7-8-14(20)17-9-15(21)18-12-5-6-12/h1-4,12H,5-9H2,(H,17,20)(H,18,21). The number of carbonyl (C=O) groups is 3. The first-order chi connectivity index (χ1) is 10.0. The van der Waals surface area contributed by atoms with Crippen molar-refractivity contribution in [3.63, 3.8) is 0 Å². The fourth-order valence-corrected chi connectivity index (χ4v) is 2.14. The van der Waals surface area contributed by atoms with Gasteiger partial charge in [0.25, 0.3) is 0 Å². The van der Waals surface area contributed by atoms with E-state index in [0.717, 1.165) is 16.4 Å². The van der Waals surface area contributed by atoms with Crippen molar-refractivity contribution in [2.75, 3.05) is 6.54 Å². The maximum absolute atomic E-state index is 11.9. The number of Topliss-reactive ketones (excluding diaryl/α,β-unsaturated/α-hetero) is 1. The molecular weight excluding hydrogens is 383 g/mol. The zero-order valence-corrected chi connectivity index (χ0v) is 13.7. The predicted octanol–water partition coefficient (Wildman–Crippen LogP) is 1.65. The van der Waals surface area contributed by atoms with Crippen molar-refractivity contribution >= 4 is 40.2 Å². The first-order valence-electron chi connectivity index (χ1n) is 6.89. The first-order valence-corrected chi connectivity index (χ1v) is 7.97. The molecule has 0 heterocycles. The van der Waals surface area contributed by atoms with Gasteiger partial charge in [0, 0.05) is 28.0 Å². The van der Waals surface area contributed by atoms with E-state index in [0.29, 0.717) is 5.56 Å². The summed E-state index contributed by atoms with van der Waals surface area (Å²) in [4.78, 5) is 34.9. The molecule has 0 unspecified atom stereocenters. The number of hydrogen-bond acceptors (Lipinski definition) is 3. The van der Waals surface area contributed by atoms with Crippen LogP contribution in [0.2, 0.25) is 0 Å². The summed E-state index contributed by atoms with van der Waals surface area (Å²) in [5.41, 5.74) is 0.606. The van der Waals surface area contributed by atoms with Gasteiger partial charge in [-0.15, -0.1) is 0 Å². The van der Waals surface area contributed by atoms with E-state index in [2.05, 4.69) is 33.2 Å². The molecule has 1 aromatic rings. The van der Waals surface area contributed by atoms with Gasteiger partial charge < -0.3 is 10.6 Å². The lowest BCUT2D eigenvalue weighted by Gasteiger charge is -2.06. The van der Waals surface area contributed by atoms with Gasteiger partial charge in [-0.1, -0.05) is 12.1 Å². The number of rotatable bonds is 7. The molecule has 0 saturated heterocycles. The zero-order chi connectivity index (χ0) is 15.2.